The zero-order valence-electron chi connectivity index (χ0n) is 19.0. The smallest absolute Gasteiger partial charge is 0.263 e. The molecule has 1 aliphatic heterocycles. The van der Waals surface area contributed by atoms with Crippen LogP contribution in [0.3, 0.4) is 0 Å². The number of pyridine rings is 1. The third-order valence-corrected chi connectivity index (χ3v) is 5.90. The summed E-state index contributed by atoms with van der Waals surface area (Å²) in [6.45, 7) is 1.59. The van der Waals surface area contributed by atoms with Crippen LogP contribution in [0.1, 0.15) is 12.6 Å². The molecule has 0 saturated carbocycles. The van der Waals surface area contributed by atoms with Crippen LogP contribution in [-0.4, -0.2) is 61.7 Å². The number of aliphatic hydroxyl groups excluding tert-OH is 1. The van der Waals surface area contributed by atoms with Crippen LogP contribution < -0.4 is 16.0 Å². The van der Waals surface area contributed by atoms with Crippen molar-refractivity contribution >= 4 is 40.1 Å². The van der Waals surface area contributed by atoms with E-state index in [0.29, 0.717) is 28.2 Å². The molecule has 1 fully saturated rings. The zero-order valence-corrected chi connectivity index (χ0v) is 19.0. The second-order valence-corrected chi connectivity index (χ2v) is 8.21. The molecule has 1 unspecified atom stereocenters. The molecule has 0 bridgehead atoms. The van der Waals surface area contributed by atoms with Gasteiger partial charge >= 0.3 is 0 Å². The molecule has 1 aliphatic rings. The number of carbonyl (C=O) groups is 2. The monoisotopic (exact) mass is 488 g/mol. The van der Waals surface area contributed by atoms with E-state index in [1.54, 1.807) is 36.5 Å². The number of nitriles is 1. The minimum Gasteiger partial charge on any atom is -0.380 e. The predicted octanol–water partition coefficient (Wildman–Crippen LogP) is 0.984. The lowest BCUT2D eigenvalue weighted by Crippen LogP contribution is -2.63. The average Bonchev–Trinajstić information content (AvgIpc) is 3.52. The summed E-state index contributed by atoms with van der Waals surface area (Å²) in [5.74, 6) is -0.960. The van der Waals surface area contributed by atoms with Crippen LogP contribution in [-0.2, 0) is 14.3 Å². The van der Waals surface area contributed by atoms with E-state index in [1.807, 2.05) is 6.07 Å². The molecule has 13 heteroatoms. The lowest BCUT2D eigenvalue weighted by atomic mass is 9.94. The van der Waals surface area contributed by atoms with Gasteiger partial charge in [-0.05, 0) is 25.1 Å². The van der Waals surface area contributed by atoms with Gasteiger partial charge in [0.1, 0.15) is 11.8 Å². The number of morpholine rings is 1. The maximum Gasteiger partial charge on any atom is 0.263 e. The molecule has 13 nitrogen and oxygen atoms in total. The molecule has 0 radical (unpaired) electrons. The zero-order chi connectivity index (χ0) is 25.4. The highest BCUT2D eigenvalue weighted by Crippen LogP contribution is 2.29. The van der Waals surface area contributed by atoms with Gasteiger partial charge in [-0.3, -0.25) is 14.5 Å². The number of hydrogen-bond donors (Lipinski definition) is 3. The number of aliphatic hydroxyl groups is 1. The summed E-state index contributed by atoms with van der Waals surface area (Å²) in [6, 6.07) is 11.5. The number of nitrogens with zero attached hydrogens (tertiary/aromatic N) is 6. The molecule has 0 aliphatic carbocycles. The van der Waals surface area contributed by atoms with E-state index in [2.05, 4.69) is 20.6 Å². The number of aromatic nitrogens is 4. The summed E-state index contributed by atoms with van der Waals surface area (Å²) in [7, 11) is 0. The number of benzene rings is 1. The Kier molecular flexibility index (Phi) is 5.59. The largest absolute Gasteiger partial charge is 0.380 e. The number of nitrogens with two attached hydrogens (primary N) is 1. The first-order valence-corrected chi connectivity index (χ1v) is 10.8. The van der Waals surface area contributed by atoms with Gasteiger partial charge in [-0.15, -0.1) is 5.10 Å². The Morgan fingerprint density at radius 3 is 2.97 bits per heavy atom. The van der Waals surface area contributed by atoms with Crippen LogP contribution in [0.15, 0.2) is 53.3 Å². The Labute approximate surface area is 203 Å². The summed E-state index contributed by atoms with van der Waals surface area (Å²) < 4.78 is 12.2. The minimum absolute atomic E-state index is 0.0660. The van der Waals surface area contributed by atoms with Gasteiger partial charge in [-0.2, -0.15) is 5.26 Å². The molecule has 5 rings (SSSR count). The van der Waals surface area contributed by atoms with Crippen molar-refractivity contribution in [1.82, 2.24) is 19.9 Å². The average molecular weight is 488 g/mol. The molecular formula is C23H20N8O5. The summed E-state index contributed by atoms with van der Waals surface area (Å²) in [4.78, 5) is 31.5. The van der Waals surface area contributed by atoms with Crippen molar-refractivity contribution in [1.29, 1.82) is 5.26 Å². The molecule has 36 heavy (non-hydrogen) atoms. The fourth-order valence-electron chi connectivity index (χ4n) is 3.92. The first kappa shape index (κ1) is 23.0. The number of ether oxygens (including phenoxy) is 1. The van der Waals surface area contributed by atoms with Gasteiger partial charge in [0.15, 0.2) is 28.9 Å². The van der Waals surface area contributed by atoms with Crippen molar-refractivity contribution in [2.75, 3.05) is 29.1 Å². The summed E-state index contributed by atoms with van der Waals surface area (Å²) >= 11 is 0. The number of hydrogen-bond acceptors (Lipinski definition) is 10. The fraction of sp³-hybridized carbons (Fsp3) is 0.217. The van der Waals surface area contributed by atoms with Gasteiger partial charge < -0.3 is 25.4 Å². The van der Waals surface area contributed by atoms with Gasteiger partial charge in [0.05, 0.1) is 24.2 Å². The topological polar surface area (TPSA) is 185 Å². The SMILES string of the molecule is C[C@]1(C(O)C(=O)Nc2ccc3c(N)noc3c2)OCCN(c2ccn(-c3ccnc(C#N)c3)n2)C1=O. The van der Waals surface area contributed by atoms with Crippen molar-refractivity contribution in [3.63, 3.8) is 0 Å². The first-order chi connectivity index (χ1) is 17.3. The maximum absolute atomic E-state index is 13.4. The van der Waals surface area contributed by atoms with E-state index in [0.717, 1.165) is 0 Å². The summed E-state index contributed by atoms with van der Waals surface area (Å²) in [5.41, 5.74) is 5.32. The molecule has 1 aromatic carbocycles. The van der Waals surface area contributed by atoms with Crippen LogP contribution >= 0.6 is 0 Å². The quantitative estimate of drug-likeness (QED) is 0.366. The molecule has 4 N–H and O–H groups in total. The minimum atomic E-state index is -1.86. The molecular weight excluding hydrogens is 468 g/mol. The fourth-order valence-corrected chi connectivity index (χ4v) is 3.92. The summed E-state index contributed by atoms with van der Waals surface area (Å²) in [6.07, 6.45) is 1.28. The second-order valence-electron chi connectivity index (χ2n) is 8.21. The number of amides is 2. The van der Waals surface area contributed by atoms with E-state index in [9.17, 15) is 14.7 Å². The van der Waals surface area contributed by atoms with E-state index in [1.165, 1.54) is 28.8 Å². The standard InChI is InChI=1S/C23H20N8O5/c1-23(19(32)21(33)27-13-2-3-16-17(11-13)36-29-20(16)25)22(34)30(8-9-35-23)18-5-7-31(28-18)15-4-6-26-14(10-15)12-24/h2-7,10-11,19,32H,8-9H2,1H3,(H2,25,29)(H,27,33)/t19?,23-/m1/s1. The molecule has 1 saturated heterocycles. The molecule has 3 aromatic heterocycles. The number of nitrogen functional groups attached to an aromatic ring is 1. The molecule has 4 heterocycles. The lowest BCUT2D eigenvalue weighted by Gasteiger charge is -2.40. The van der Waals surface area contributed by atoms with E-state index in [4.69, 9.17) is 20.3 Å². The molecule has 182 valence electrons. The van der Waals surface area contributed by atoms with E-state index in [-0.39, 0.29) is 24.7 Å². The number of anilines is 3. The molecule has 0 spiro atoms. The van der Waals surface area contributed by atoms with Gasteiger partial charge in [0.2, 0.25) is 0 Å². The van der Waals surface area contributed by atoms with Crippen molar-refractivity contribution in [3.05, 3.63) is 54.5 Å². The highest BCUT2D eigenvalue weighted by Gasteiger charge is 2.51. The van der Waals surface area contributed by atoms with Crippen molar-refractivity contribution in [2.24, 2.45) is 0 Å². The normalized spacial score (nSPS) is 18.7. The third-order valence-electron chi connectivity index (χ3n) is 5.90. The highest BCUT2D eigenvalue weighted by molar-refractivity contribution is 6.06. The predicted molar refractivity (Wildman–Crippen MR) is 126 cm³/mol. The van der Waals surface area contributed by atoms with Crippen molar-refractivity contribution < 1.29 is 24.0 Å². The number of nitrogens with one attached hydrogen (secondary N) is 1. The van der Waals surface area contributed by atoms with Gasteiger partial charge in [0.25, 0.3) is 11.8 Å². The number of carbonyl (C=O) groups excluding carboxylic acids is 2. The van der Waals surface area contributed by atoms with Gasteiger partial charge in [-0.1, -0.05) is 5.16 Å². The van der Waals surface area contributed by atoms with E-state index >= 15 is 0 Å². The highest BCUT2D eigenvalue weighted by atomic mass is 16.5. The Morgan fingerprint density at radius 1 is 1.33 bits per heavy atom. The Bertz CT molecular complexity index is 1520. The van der Waals surface area contributed by atoms with Gasteiger partial charge in [0, 0.05) is 36.3 Å². The van der Waals surface area contributed by atoms with E-state index < -0.39 is 23.5 Å². The first-order valence-electron chi connectivity index (χ1n) is 10.8. The maximum atomic E-state index is 13.4. The summed E-state index contributed by atoms with van der Waals surface area (Å²) in [5, 5.41) is 31.1. The Hall–Kier alpha value is -4.80. The van der Waals surface area contributed by atoms with Crippen LogP contribution in [0.25, 0.3) is 16.7 Å². The van der Waals surface area contributed by atoms with Crippen molar-refractivity contribution in [2.45, 2.75) is 18.6 Å². The number of fused-ring (bicyclic) bond motifs is 1. The van der Waals surface area contributed by atoms with Crippen LogP contribution in [0.2, 0.25) is 0 Å². The number of rotatable bonds is 5. The van der Waals surface area contributed by atoms with Crippen LogP contribution in [0.5, 0.6) is 0 Å². The molecule has 2 atom stereocenters. The van der Waals surface area contributed by atoms with Gasteiger partial charge in [-0.25, -0.2) is 9.67 Å². The third kappa shape index (κ3) is 3.90. The Morgan fingerprint density at radius 2 is 2.17 bits per heavy atom. The molecule has 4 aromatic rings. The second kappa shape index (κ2) is 8.77. The van der Waals surface area contributed by atoms with Crippen molar-refractivity contribution in [3.8, 4) is 11.8 Å². The molecule has 2 amide bonds. The van der Waals surface area contributed by atoms with Crippen LogP contribution in [0.4, 0.5) is 17.3 Å². The van der Waals surface area contributed by atoms with Crippen LogP contribution in [0, 0.1) is 11.3 Å². The lowest BCUT2D eigenvalue weighted by molar-refractivity contribution is -0.170. The Balaban J connectivity index is 1.34.